The third-order valence-electron chi connectivity index (χ3n) is 1.96. The van der Waals surface area contributed by atoms with Crippen LogP contribution in [-0.4, -0.2) is 36.6 Å². The predicted molar refractivity (Wildman–Crippen MR) is 66.6 cm³/mol. The zero-order valence-corrected chi connectivity index (χ0v) is 10.7. The van der Waals surface area contributed by atoms with Crippen LogP contribution in [0.25, 0.3) is 0 Å². The number of hydrogen-bond donors (Lipinski definition) is 3. The lowest BCUT2D eigenvalue weighted by atomic mass is 10.2. The van der Waals surface area contributed by atoms with E-state index in [4.69, 9.17) is 5.11 Å². The van der Waals surface area contributed by atoms with E-state index in [0.29, 0.717) is 10.0 Å². The molecule has 0 unspecified atom stereocenters. The fourth-order valence-corrected chi connectivity index (χ4v) is 1.62. The minimum Gasteiger partial charge on any atom is -0.395 e. The van der Waals surface area contributed by atoms with Crippen molar-refractivity contribution in [2.24, 2.45) is 0 Å². The van der Waals surface area contributed by atoms with Gasteiger partial charge < -0.3 is 15.7 Å². The minimum atomic E-state index is -0.334. The topological polar surface area (TPSA) is 78.4 Å². The molecule has 1 aromatic carbocycles. The maximum atomic E-state index is 11.7. The number of carbonyl (C=O) groups is 2. The standard InChI is InChI=1S/C11H13BrN2O3/c12-9-4-2-1-3-8(9)11(17)14-7-10(16)13-5-6-15/h1-4,15H,5-7H2,(H,13,16)(H,14,17). The van der Waals surface area contributed by atoms with E-state index < -0.39 is 0 Å². The van der Waals surface area contributed by atoms with E-state index in [9.17, 15) is 9.59 Å². The fourth-order valence-electron chi connectivity index (χ4n) is 1.16. The average molecular weight is 301 g/mol. The van der Waals surface area contributed by atoms with Crippen molar-refractivity contribution in [2.45, 2.75) is 0 Å². The Morgan fingerprint density at radius 2 is 1.94 bits per heavy atom. The maximum absolute atomic E-state index is 11.7. The minimum absolute atomic E-state index is 0.111. The highest BCUT2D eigenvalue weighted by Crippen LogP contribution is 2.15. The maximum Gasteiger partial charge on any atom is 0.252 e. The van der Waals surface area contributed by atoms with Gasteiger partial charge in [-0.25, -0.2) is 0 Å². The van der Waals surface area contributed by atoms with Crippen LogP contribution < -0.4 is 10.6 Å². The van der Waals surface area contributed by atoms with Crippen LogP contribution in [-0.2, 0) is 4.79 Å². The molecule has 0 atom stereocenters. The van der Waals surface area contributed by atoms with Gasteiger partial charge in [-0.2, -0.15) is 0 Å². The molecule has 0 spiro atoms. The van der Waals surface area contributed by atoms with Crippen molar-refractivity contribution in [3.8, 4) is 0 Å². The van der Waals surface area contributed by atoms with E-state index in [1.165, 1.54) is 0 Å². The molecule has 2 amide bonds. The van der Waals surface area contributed by atoms with Gasteiger partial charge in [0.1, 0.15) is 0 Å². The van der Waals surface area contributed by atoms with Gasteiger partial charge in [0.25, 0.3) is 5.91 Å². The molecule has 5 nitrogen and oxygen atoms in total. The molecule has 0 heterocycles. The quantitative estimate of drug-likeness (QED) is 0.731. The molecule has 0 aromatic heterocycles. The highest BCUT2D eigenvalue weighted by atomic mass is 79.9. The number of rotatable bonds is 5. The Bertz CT molecular complexity index is 409. The van der Waals surface area contributed by atoms with E-state index in [-0.39, 0.29) is 31.5 Å². The van der Waals surface area contributed by atoms with Gasteiger partial charge in [0.2, 0.25) is 5.91 Å². The summed E-state index contributed by atoms with van der Waals surface area (Å²) in [6.45, 7) is -0.0478. The molecule has 0 aliphatic rings. The molecule has 17 heavy (non-hydrogen) atoms. The van der Waals surface area contributed by atoms with E-state index >= 15 is 0 Å². The molecule has 0 radical (unpaired) electrons. The molecule has 0 saturated carbocycles. The molecule has 0 aliphatic heterocycles. The number of nitrogens with one attached hydrogen (secondary N) is 2. The number of carbonyl (C=O) groups excluding carboxylic acids is 2. The number of hydrogen-bond acceptors (Lipinski definition) is 3. The Hall–Kier alpha value is -1.40. The predicted octanol–water partition coefficient (Wildman–Crippen LogP) is 0.287. The van der Waals surface area contributed by atoms with E-state index in [2.05, 4.69) is 26.6 Å². The summed E-state index contributed by atoms with van der Waals surface area (Å²) in [6.07, 6.45) is 0. The van der Waals surface area contributed by atoms with Gasteiger partial charge in [-0.3, -0.25) is 9.59 Å². The first kappa shape index (κ1) is 13.7. The van der Waals surface area contributed by atoms with E-state index in [1.807, 2.05) is 0 Å². The van der Waals surface area contributed by atoms with Crippen LogP contribution in [0.5, 0.6) is 0 Å². The normalized spacial score (nSPS) is 9.76. The van der Waals surface area contributed by atoms with Crippen LogP contribution in [0.3, 0.4) is 0 Å². The summed E-state index contributed by atoms with van der Waals surface area (Å²) in [4.78, 5) is 22.8. The zero-order valence-electron chi connectivity index (χ0n) is 9.07. The van der Waals surface area contributed by atoms with Gasteiger partial charge in [0, 0.05) is 11.0 Å². The van der Waals surface area contributed by atoms with Crippen molar-refractivity contribution in [1.82, 2.24) is 10.6 Å². The number of benzene rings is 1. The summed E-state index contributed by atoms with van der Waals surface area (Å²) in [5, 5.41) is 13.4. The van der Waals surface area contributed by atoms with Gasteiger partial charge >= 0.3 is 0 Å². The van der Waals surface area contributed by atoms with Crippen molar-refractivity contribution in [2.75, 3.05) is 19.7 Å². The zero-order chi connectivity index (χ0) is 12.7. The molecule has 0 saturated heterocycles. The molecule has 1 aromatic rings. The first-order valence-electron chi connectivity index (χ1n) is 5.05. The molecular formula is C11H13BrN2O3. The summed E-state index contributed by atoms with van der Waals surface area (Å²) in [5.41, 5.74) is 0.474. The highest BCUT2D eigenvalue weighted by Gasteiger charge is 2.10. The lowest BCUT2D eigenvalue weighted by Crippen LogP contribution is -2.38. The Kier molecular flexibility index (Phi) is 5.65. The SMILES string of the molecule is O=C(CNC(=O)c1ccccc1Br)NCCO. The van der Waals surface area contributed by atoms with E-state index in [0.717, 1.165) is 0 Å². The largest absolute Gasteiger partial charge is 0.395 e. The summed E-state index contributed by atoms with van der Waals surface area (Å²) in [5.74, 6) is -0.656. The number of amides is 2. The molecule has 0 bridgehead atoms. The molecule has 3 N–H and O–H groups in total. The molecule has 6 heteroatoms. The first-order chi connectivity index (χ1) is 8.15. The molecule has 0 aliphatic carbocycles. The summed E-state index contributed by atoms with van der Waals surface area (Å²) >= 11 is 3.25. The van der Waals surface area contributed by atoms with Gasteiger partial charge in [0.05, 0.1) is 18.7 Å². The number of halogens is 1. The van der Waals surface area contributed by atoms with Crippen LogP contribution in [0.4, 0.5) is 0 Å². The summed E-state index contributed by atoms with van der Waals surface area (Å²) < 4.78 is 0.674. The van der Waals surface area contributed by atoms with Crippen LogP contribution in [0.15, 0.2) is 28.7 Å². The smallest absolute Gasteiger partial charge is 0.252 e. The fraction of sp³-hybridized carbons (Fsp3) is 0.273. The number of aliphatic hydroxyl groups excluding tert-OH is 1. The average Bonchev–Trinajstić information content (AvgIpc) is 2.34. The molecular weight excluding hydrogens is 288 g/mol. The molecule has 1 rings (SSSR count). The van der Waals surface area contributed by atoms with Gasteiger partial charge in [-0.15, -0.1) is 0 Å². The second-order valence-corrected chi connectivity index (χ2v) is 4.09. The third kappa shape index (κ3) is 4.54. The Morgan fingerprint density at radius 3 is 2.59 bits per heavy atom. The first-order valence-corrected chi connectivity index (χ1v) is 5.84. The summed E-state index contributed by atoms with van der Waals surface area (Å²) in [7, 11) is 0. The lowest BCUT2D eigenvalue weighted by Gasteiger charge is -2.06. The van der Waals surface area contributed by atoms with Crippen LogP contribution in [0.2, 0.25) is 0 Å². The van der Waals surface area contributed by atoms with E-state index in [1.54, 1.807) is 24.3 Å². The van der Waals surface area contributed by atoms with Crippen molar-refractivity contribution in [3.63, 3.8) is 0 Å². The van der Waals surface area contributed by atoms with Crippen molar-refractivity contribution < 1.29 is 14.7 Å². The van der Waals surface area contributed by atoms with Gasteiger partial charge in [0.15, 0.2) is 0 Å². The van der Waals surface area contributed by atoms with Crippen LogP contribution in [0.1, 0.15) is 10.4 Å². The van der Waals surface area contributed by atoms with Crippen molar-refractivity contribution >= 4 is 27.7 Å². The second-order valence-electron chi connectivity index (χ2n) is 3.24. The summed E-state index contributed by atoms with van der Waals surface area (Å²) in [6, 6.07) is 6.95. The Labute approximate surface area is 107 Å². The van der Waals surface area contributed by atoms with Gasteiger partial charge in [-0.05, 0) is 28.1 Å². The Balaban J connectivity index is 2.45. The van der Waals surface area contributed by atoms with Crippen molar-refractivity contribution in [3.05, 3.63) is 34.3 Å². The highest BCUT2D eigenvalue weighted by molar-refractivity contribution is 9.10. The number of aliphatic hydroxyl groups is 1. The third-order valence-corrected chi connectivity index (χ3v) is 2.65. The molecule has 0 fully saturated rings. The monoisotopic (exact) mass is 300 g/mol. The van der Waals surface area contributed by atoms with Gasteiger partial charge in [-0.1, -0.05) is 12.1 Å². The lowest BCUT2D eigenvalue weighted by molar-refractivity contribution is -0.120. The molecule has 92 valence electrons. The van der Waals surface area contributed by atoms with Crippen LogP contribution in [0, 0.1) is 0 Å². The van der Waals surface area contributed by atoms with Crippen LogP contribution >= 0.6 is 15.9 Å². The van der Waals surface area contributed by atoms with Crippen molar-refractivity contribution in [1.29, 1.82) is 0 Å². The second kappa shape index (κ2) is 7.03. The Morgan fingerprint density at radius 1 is 1.24 bits per heavy atom.